The summed E-state index contributed by atoms with van der Waals surface area (Å²) in [7, 11) is -3.81. The van der Waals surface area contributed by atoms with Gasteiger partial charge in [0, 0.05) is 0 Å². The lowest BCUT2D eigenvalue weighted by Crippen LogP contribution is -2.07. The molecule has 0 aliphatic rings. The minimum atomic E-state index is -3.81. The standard InChI is InChI=1S/C22H18O3S/c1-16-10-12-19(13-11-16)26(23,24)25-15-22-20-8-4-2-6-17(20)14-18-7-3-5-9-21(18)22/h2-14H,15H2,1H3. The van der Waals surface area contributed by atoms with E-state index in [1.54, 1.807) is 24.3 Å². The smallest absolute Gasteiger partial charge is 0.262 e. The predicted molar refractivity (Wildman–Crippen MR) is 105 cm³/mol. The second kappa shape index (κ2) is 6.56. The van der Waals surface area contributed by atoms with Crippen LogP contribution in [0.1, 0.15) is 11.1 Å². The van der Waals surface area contributed by atoms with Gasteiger partial charge < -0.3 is 0 Å². The van der Waals surface area contributed by atoms with Gasteiger partial charge in [0.2, 0.25) is 0 Å². The molecule has 4 heteroatoms. The maximum absolute atomic E-state index is 12.6. The van der Waals surface area contributed by atoms with Crippen molar-refractivity contribution in [1.29, 1.82) is 0 Å². The van der Waals surface area contributed by atoms with Crippen LogP contribution in [0.2, 0.25) is 0 Å². The highest BCUT2D eigenvalue weighted by Gasteiger charge is 2.17. The largest absolute Gasteiger partial charge is 0.297 e. The van der Waals surface area contributed by atoms with Crippen LogP contribution in [-0.4, -0.2) is 8.42 Å². The van der Waals surface area contributed by atoms with E-state index in [2.05, 4.69) is 6.07 Å². The number of aryl methyl sites for hydroxylation is 1. The molecule has 0 heterocycles. The fourth-order valence-electron chi connectivity index (χ4n) is 3.17. The number of benzene rings is 4. The Bertz CT molecular complexity index is 1140. The summed E-state index contributed by atoms with van der Waals surface area (Å²) < 4.78 is 30.6. The van der Waals surface area contributed by atoms with Crippen LogP contribution in [0.4, 0.5) is 0 Å². The topological polar surface area (TPSA) is 43.4 Å². The molecule has 0 saturated carbocycles. The fraction of sp³-hybridized carbons (Fsp3) is 0.0909. The molecule has 0 unspecified atom stereocenters. The van der Waals surface area contributed by atoms with E-state index in [-0.39, 0.29) is 11.5 Å². The van der Waals surface area contributed by atoms with E-state index >= 15 is 0 Å². The summed E-state index contributed by atoms with van der Waals surface area (Å²) in [6.45, 7) is 1.91. The van der Waals surface area contributed by atoms with Gasteiger partial charge in [0.05, 0.1) is 11.5 Å². The van der Waals surface area contributed by atoms with E-state index in [4.69, 9.17) is 4.18 Å². The van der Waals surface area contributed by atoms with Crippen LogP contribution >= 0.6 is 0 Å². The van der Waals surface area contributed by atoms with Crippen molar-refractivity contribution in [3.05, 3.63) is 90.0 Å². The SMILES string of the molecule is Cc1ccc(S(=O)(=O)OCc2c3ccccc3cc3ccccc23)cc1. The van der Waals surface area contributed by atoms with Crippen LogP contribution in [0.3, 0.4) is 0 Å². The molecule has 26 heavy (non-hydrogen) atoms. The van der Waals surface area contributed by atoms with Crippen LogP contribution in [0.25, 0.3) is 21.5 Å². The van der Waals surface area contributed by atoms with Gasteiger partial charge in [0.25, 0.3) is 10.1 Å². The molecule has 0 aromatic heterocycles. The lowest BCUT2D eigenvalue weighted by atomic mass is 9.97. The van der Waals surface area contributed by atoms with Crippen LogP contribution < -0.4 is 0 Å². The molecule has 0 bridgehead atoms. The van der Waals surface area contributed by atoms with Gasteiger partial charge in [-0.3, -0.25) is 4.18 Å². The summed E-state index contributed by atoms with van der Waals surface area (Å²) in [5.74, 6) is 0. The zero-order chi connectivity index (χ0) is 18.1. The third kappa shape index (κ3) is 3.09. The van der Waals surface area contributed by atoms with E-state index < -0.39 is 10.1 Å². The lowest BCUT2D eigenvalue weighted by molar-refractivity contribution is 0.310. The highest BCUT2D eigenvalue weighted by Crippen LogP contribution is 2.30. The van der Waals surface area contributed by atoms with E-state index in [0.717, 1.165) is 32.7 Å². The van der Waals surface area contributed by atoms with Crippen LogP contribution in [-0.2, 0) is 20.9 Å². The molecule has 0 radical (unpaired) electrons. The van der Waals surface area contributed by atoms with Crippen LogP contribution in [0.15, 0.2) is 83.8 Å². The Morgan fingerprint density at radius 3 is 1.88 bits per heavy atom. The summed E-state index contributed by atoms with van der Waals surface area (Å²) >= 11 is 0. The van der Waals surface area contributed by atoms with Crippen molar-refractivity contribution < 1.29 is 12.6 Å². The Morgan fingerprint density at radius 2 is 1.31 bits per heavy atom. The van der Waals surface area contributed by atoms with Gasteiger partial charge in [-0.15, -0.1) is 0 Å². The van der Waals surface area contributed by atoms with Crippen LogP contribution in [0, 0.1) is 6.92 Å². The molecule has 4 aromatic rings. The lowest BCUT2D eigenvalue weighted by Gasteiger charge is -2.12. The normalized spacial score (nSPS) is 11.9. The third-order valence-corrected chi connectivity index (χ3v) is 5.83. The number of hydrogen-bond acceptors (Lipinski definition) is 3. The molecule has 4 aromatic carbocycles. The molecule has 0 atom stereocenters. The second-order valence-corrected chi connectivity index (χ2v) is 7.94. The molecule has 0 N–H and O–H groups in total. The third-order valence-electron chi connectivity index (χ3n) is 4.55. The van der Waals surface area contributed by atoms with Gasteiger partial charge in [-0.1, -0.05) is 66.2 Å². The maximum atomic E-state index is 12.6. The number of fused-ring (bicyclic) bond motifs is 2. The zero-order valence-electron chi connectivity index (χ0n) is 14.3. The average molecular weight is 362 g/mol. The van der Waals surface area contributed by atoms with E-state index in [9.17, 15) is 8.42 Å². The molecule has 0 fully saturated rings. The fourth-order valence-corrected chi connectivity index (χ4v) is 4.05. The molecule has 0 spiro atoms. The van der Waals surface area contributed by atoms with Gasteiger partial charge in [0.1, 0.15) is 0 Å². The van der Waals surface area contributed by atoms with Crippen molar-refractivity contribution in [1.82, 2.24) is 0 Å². The molecular formula is C22H18O3S. The minimum Gasteiger partial charge on any atom is -0.262 e. The Labute approximate surface area is 153 Å². The summed E-state index contributed by atoms with van der Waals surface area (Å²) in [6, 6.07) is 24.7. The maximum Gasteiger partial charge on any atom is 0.297 e. The molecule has 0 amide bonds. The Morgan fingerprint density at radius 1 is 0.769 bits per heavy atom. The molecule has 0 aliphatic carbocycles. The van der Waals surface area contributed by atoms with Crippen molar-refractivity contribution in [2.24, 2.45) is 0 Å². The summed E-state index contributed by atoms with van der Waals surface area (Å²) in [5.41, 5.74) is 1.89. The Kier molecular flexibility index (Phi) is 4.23. The first kappa shape index (κ1) is 16.8. The highest BCUT2D eigenvalue weighted by molar-refractivity contribution is 7.86. The van der Waals surface area contributed by atoms with Crippen molar-refractivity contribution in [2.75, 3.05) is 0 Å². The van der Waals surface area contributed by atoms with Gasteiger partial charge in [-0.2, -0.15) is 8.42 Å². The molecule has 0 saturated heterocycles. The zero-order valence-corrected chi connectivity index (χ0v) is 15.2. The highest BCUT2D eigenvalue weighted by atomic mass is 32.2. The minimum absolute atomic E-state index is 0.00191. The van der Waals surface area contributed by atoms with Crippen molar-refractivity contribution in [3.8, 4) is 0 Å². The molecular weight excluding hydrogens is 344 g/mol. The van der Waals surface area contributed by atoms with Gasteiger partial charge in [-0.25, -0.2) is 0 Å². The predicted octanol–water partition coefficient (Wildman–Crippen LogP) is 5.21. The van der Waals surface area contributed by atoms with E-state index in [1.165, 1.54) is 0 Å². The molecule has 3 nitrogen and oxygen atoms in total. The van der Waals surface area contributed by atoms with Gasteiger partial charge in [-0.05, 0) is 52.2 Å². The summed E-state index contributed by atoms with van der Waals surface area (Å²) in [5, 5.41) is 4.14. The van der Waals surface area contributed by atoms with Crippen molar-refractivity contribution in [2.45, 2.75) is 18.4 Å². The van der Waals surface area contributed by atoms with Crippen LogP contribution in [0.5, 0.6) is 0 Å². The molecule has 4 rings (SSSR count). The monoisotopic (exact) mass is 362 g/mol. The first-order valence-corrected chi connectivity index (χ1v) is 9.81. The first-order valence-electron chi connectivity index (χ1n) is 8.40. The van der Waals surface area contributed by atoms with Gasteiger partial charge >= 0.3 is 0 Å². The first-order chi connectivity index (χ1) is 12.5. The number of hydrogen-bond donors (Lipinski definition) is 0. The summed E-state index contributed by atoms with van der Waals surface area (Å²) in [4.78, 5) is 0.174. The second-order valence-electron chi connectivity index (χ2n) is 6.33. The van der Waals surface area contributed by atoms with Gasteiger partial charge in [0.15, 0.2) is 0 Å². The summed E-state index contributed by atoms with van der Waals surface area (Å²) in [6.07, 6.45) is 0. The Balaban J connectivity index is 1.77. The molecule has 130 valence electrons. The van der Waals surface area contributed by atoms with Crippen molar-refractivity contribution in [3.63, 3.8) is 0 Å². The average Bonchev–Trinajstić information content (AvgIpc) is 2.65. The van der Waals surface area contributed by atoms with E-state index in [1.807, 2.05) is 55.5 Å². The van der Waals surface area contributed by atoms with E-state index in [0.29, 0.717) is 0 Å². The molecule has 0 aliphatic heterocycles. The Hall–Kier alpha value is -2.69. The quantitative estimate of drug-likeness (QED) is 0.370. The number of rotatable bonds is 4. The van der Waals surface area contributed by atoms with Crippen molar-refractivity contribution >= 4 is 31.7 Å².